The van der Waals surface area contributed by atoms with Crippen molar-refractivity contribution >= 4 is 0 Å². The van der Waals surface area contributed by atoms with Crippen LogP contribution in [0.2, 0.25) is 0 Å². The Morgan fingerprint density at radius 2 is 1.63 bits per heavy atom. The molecule has 0 unspecified atom stereocenters. The first-order valence-electron chi connectivity index (χ1n) is 6.85. The molecule has 0 fully saturated rings. The normalized spacial score (nSPS) is 10.8. The van der Waals surface area contributed by atoms with Crippen molar-refractivity contribution in [1.82, 2.24) is 0 Å². The topological polar surface area (TPSA) is 58.9 Å². The number of hydrogen-bond acceptors (Lipinski definition) is 4. The first-order chi connectivity index (χ1) is 9.24. The summed E-state index contributed by atoms with van der Waals surface area (Å²) in [6, 6.07) is 5.89. The summed E-state index contributed by atoms with van der Waals surface area (Å²) in [7, 11) is 0. The fraction of sp³-hybridized carbons (Fsp3) is 0.600. The lowest BCUT2D eigenvalue weighted by molar-refractivity contribution is 0.144. The average Bonchev–Trinajstić information content (AvgIpc) is 2.43. The van der Waals surface area contributed by atoms with Crippen LogP contribution in [0, 0.1) is 5.92 Å². The van der Waals surface area contributed by atoms with E-state index in [2.05, 4.69) is 0 Å². The Labute approximate surface area is 115 Å². The summed E-state index contributed by atoms with van der Waals surface area (Å²) in [5.41, 5.74) is 1.12. The van der Waals surface area contributed by atoms with Crippen molar-refractivity contribution in [2.45, 2.75) is 26.7 Å². The van der Waals surface area contributed by atoms with Crippen LogP contribution in [0.15, 0.2) is 18.2 Å². The Kier molecular flexibility index (Phi) is 7.30. The van der Waals surface area contributed by atoms with Gasteiger partial charge in [-0.1, -0.05) is 6.07 Å². The zero-order valence-corrected chi connectivity index (χ0v) is 11.8. The fourth-order valence-electron chi connectivity index (χ4n) is 1.86. The first kappa shape index (κ1) is 15.8. The summed E-state index contributed by atoms with van der Waals surface area (Å²) in [5, 5.41) is 18.1. The van der Waals surface area contributed by atoms with Gasteiger partial charge < -0.3 is 19.7 Å². The van der Waals surface area contributed by atoms with Crippen molar-refractivity contribution in [3.05, 3.63) is 23.8 Å². The molecular formula is C15H24O4. The number of aliphatic hydroxyl groups excluding tert-OH is 2. The van der Waals surface area contributed by atoms with E-state index in [0.717, 1.165) is 29.9 Å². The van der Waals surface area contributed by atoms with Gasteiger partial charge in [-0.3, -0.25) is 0 Å². The Bertz CT molecular complexity index is 361. The van der Waals surface area contributed by atoms with Crippen LogP contribution in [0.25, 0.3) is 0 Å². The second-order valence-corrected chi connectivity index (χ2v) is 4.42. The molecule has 0 spiro atoms. The Morgan fingerprint density at radius 1 is 1.00 bits per heavy atom. The molecule has 0 aliphatic heterocycles. The maximum atomic E-state index is 9.05. The largest absolute Gasteiger partial charge is 0.490 e. The third kappa shape index (κ3) is 5.09. The first-order valence-corrected chi connectivity index (χ1v) is 6.85. The highest BCUT2D eigenvalue weighted by molar-refractivity contribution is 5.43. The number of ether oxygens (including phenoxy) is 2. The second-order valence-electron chi connectivity index (χ2n) is 4.42. The van der Waals surface area contributed by atoms with Crippen LogP contribution in [0.1, 0.15) is 25.8 Å². The molecule has 0 aliphatic rings. The van der Waals surface area contributed by atoms with Gasteiger partial charge in [0.05, 0.1) is 13.2 Å². The number of benzene rings is 1. The number of hydrogen-bond donors (Lipinski definition) is 2. The van der Waals surface area contributed by atoms with E-state index in [9.17, 15) is 0 Å². The van der Waals surface area contributed by atoms with Gasteiger partial charge in [-0.15, -0.1) is 0 Å². The summed E-state index contributed by atoms with van der Waals surface area (Å²) >= 11 is 0. The highest BCUT2D eigenvalue weighted by Gasteiger charge is 2.09. The summed E-state index contributed by atoms with van der Waals surface area (Å²) in [6.07, 6.45) is 1.56. The highest BCUT2D eigenvalue weighted by atomic mass is 16.5. The molecule has 1 aromatic rings. The SMILES string of the molecule is CCOc1ccc(CCC(CO)CO)cc1OCC. The predicted octanol–water partition coefficient (Wildman–Crippen LogP) is 2.02. The van der Waals surface area contributed by atoms with E-state index in [-0.39, 0.29) is 19.1 Å². The third-order valence-corrected chi connectivity index (χ3v) is 2.97. The smallest absolute Gasteiger partial charge is 0.161 e. The van der Waals surface area contributed by atoms with Crippen molar-refractivity contribution in [3.63, 3.8) is 0 Å². The minimum Gasteiger partial charge on any atom is -0.490 e. The molecule has 0 saturated heterocycles. The minimum absolute atomic E-state index is 0.0197. The second kappa shape index (κ2) is 8.77. The van der Waals surface area contributed by atoms with E-state index in [4.69, 9.17) is 19.7 Å². The summed E-state index contributed by atoms with van der Waals surface area (Å²) < 4.78 is 11.1. The molecular weight excluding hydrogens is 244 g/mol. The molecule has 1 aromatic carbocycles. The lowest BCUT2D eigenvalue weighted by Crippen LogP contribution is -2.12. The Hall–Kier alpha value is -1.26. The van der Waals surface area contributed by atoms with E-state index >= 15 is 0 Å². The van der Waals surface area contributed by atoms with Crippen LogP contribution in [0.5, 0.6) is 11.5 Å². The van der Waals surface area contributed by atoms with Crippen molar-refractivity contribution in [2.24, 2.45) is 5.92 Å². The predicted molar refractivity (Wildman–Crippen MR) is 74.8 cm³/mol. The van der Waals surface area contributed by atoms with Gasteiger partial charge in [0.15, 0.2) is 11.5 Å². The van der Waals surface area contributed by atoms with Crippen molar-refractivity contribution in [1.29, 1.82) is 0 Å². The number of aliphatic hydroxyl groups is 2. The molecule has 0 saturated carbocycles. The van der Waals surface area contributed by atoms with Gasteiger partial charge in [-0.2, -0.15) is 0 Å². The van der Waals surface area contributed by atoms with E-state index < -0.39 is 0 Å². The molecule has 0 bridgehead atoms. The summed E-state index contributed by atoms with van der Waals surface area (Å²) in [4.78, 5) is 0. The van der Waals surface area contributed by atoms with Crippen molar-refractivity contribution in [2.75, 3.05) is 26.4 Å². The van der Waals surface area contributed by atoms with E-state index in [1.54, 1.807) is 0 Å². The van der Waals surface area contributed by atoms with Crippen LogP contribution in [-0.4, -0.2) is 36.6 Å². The fourth-order valence-corrected chi connectivity index (χ4v) is 1.86. The number of aryl methyl sites for hydroxylation is 1. The quantitative estimate of drug-likeness (QED) is 0.719. The highest BCUT2D eigenvalue weighted by Crippen LogP contribution is 2.29. The van der Waals surface area contributed by atoms with Gasteiger partial charge in [-0.05, 0) is 44.4 Å². The van der Waals surface area contributed by atoms with Gasteiger partial charge in [-0.25, -0.2) is 0 Å². The molecule has 19 heavy (non-hydrogen) atoms. The van der Waals surface area contributed by atoms with Gasteiger partial charge in [0.25, 0.3) is 0 Å². The monoisotopic (exact) mass is 268 g/mol. The van der Waals surface area contributed by atoms with Gasteiger partial charge >= 0.3 is 0 Å². The Morgan fingerprint density at radius 3 is 2.21 bits per heavy atom. The summed E-state index contributed by atoms with van der Waals surface area (Å²) in [5.74, 6) is 1.46. The van der Waals surface area contributed by atoms with Gasteiger partial charge in [0, 0.05) is 19.1 Å². The van der Waals surface area contributed by atoms with Crippen LogP contribution in [0.3, 0.4) is 0 Å². The number of rotatable bonds is 9. The maximum absolute atomic E-state index is 9.05. The van der Waals surface area contributed by atoms with Crippen LogP contribution < -0.4 is 9.47 Å². The third-order valence-electron chi connectivity index (χ3n) is 2.97. The zero-order chi connectivity index (χ0) is 14.1. The molecule has 0 aliphatic carbocycles. The average molecular weight is 268 g/mol. The van der Waals surface area contributed by atoms with E-state index in [1.807, 2.05) is 32.0 Å². The zero-order valence-electron chi connectivity index (χ0n) is 11.8. The Balaban J connectivity index is 2.71. The van der Waals surface area contributed by atoms with Crippen LogP contribution >= 0.6 is 0 Å². The molecule has 4 nitrogen and oxygen atoms in total. The molecule has 108 valence electrons. The molecule has 1 rings (SSSR count). The summed E-state index contributed by atoms with van der Waals surface area (Å²) in [6.45, 7) is 5.13. The van der Waals surface area contributed by atoms with Crippen molar-refractivity contribution < 1.29 is 19.7 Å². The van der Waals surface area contributed by atoms with Crippen LogP contribution in [-0.2, 0) is 6.42 Å². The molecule has 4 heteroatoms. The lowest BCUT2D eigenvalue weighted by atomic mass is 10.0. The molecule has 0 radical (unpaired) electrons. The minimum atomic E-state index is -0.0536. The molecule has 0 aromatic heterocycles. The molecule has 2 N–H and O–H groups in total. The molecule has 0 amide bonds. The van der Waals surface area contributed by atoms with E-state index in [1.165, 1.54) is 0 Å². The lowest BCUT2D eigenvalue weighted by Gasteiger charge is -2.14. The maximum Gasteiger partial charge on any atom is 0.161 e. The molecule has 0 heterocycles. The van der Waals surface area contributed by atoms with Gasteiger partial charge in [0.1, 0.15) is 0 Å². The van der Waals surface area contributed by atoms with Gasteiger partial charge in [0.2, 0.25) is 0 Å². The standard InChI is InChI=1S/C15H24O4/c1-3-18-14-8-7-12(9-15(14)19-4-2)5-6-13(10-16)11-17/h7-9,13,16-17H,3-6,10-11H2,1-2H3. The van der Waals surface area contributed by atoms with Crippen molar-refractivity contribution in [3.8, 4) is 11.5 Å². The van der Waals surface area contributed by atoms with E-state index in [0.29, 0.717) is 13.2 Å². The molecule has 0 atom stereocenters. The van der Waals surface area contributed by atoms with Crippen LogP contribution in [0.4, 0.5) is 0 Å².